The lowest BCUT2D eigenvalue weighted by molar-refractivity contribution is -0.129. The van der Waals surface area contributed by atoms with Gasteiger partial charge in [0.05, 0.1) is 0 Å². The van der Waals surface area contributed by atoms with Crippen molar-refractivity contribution in [3.05, 3.63) is 83.9 Å². The molecule has 5 heteroatoms. The number of carbonyl (C=O) groups is 1. The Morgan fingerprint density at radius 1 is 0.933 bits per heavy atom. The van der Waals surface area contributed by atoms with Gasteiger partial charge in [0.2, 0.25) is 5.91 Å². The molecule has 1 aromatic heterocycles. The molecule has 4 nitrogen and oxygen atoms in total. The molecular formula is C25H24FN3O. The Bertz CT molecular complexity index is 1040. The Labute approximate surface area is 176 Å². The summed E-state index contributed by atoms with van der Waals surface area (Å²) in [6.45, 7) is 4.82. The average molecular weight is 401 g/mol. The molecule has 1 amide bonds. The van der Waals surface area contributed by atoms with E-state index in [1.807, 2.05) is 35.3 Å². The van der Waals surface area contributed by atoms with Crippen LogP contribution in [0.4, 0.5) is 10.1 Å². The van der Waals surface area contributed by atoms with Gasteiger partial charge in [-0.3, -0.25) is 9.78 Å². The number of amides is 1. The van der Waals surface area contributed by atoms with E-state index < -0.39 is 0 Å². The van der Waals surface area contributed by atoms with Crippen LogP contribution in [0.2, 0.25) is 0 Å². The minimum atomic E-state index is -0.268. The maximum atomic E-state index is 14.1. The van der Waals surface area contributed by atoms with E-state index in [2.05, 4.69) is 34.1 Å². The Kier molecular flexibility index (Phi) is 5.89. The van der Waals surface area contributed by atoms with Crippen LogP contribution in [0, 0.1) is 5.82 Å². The molecule has 0 atom stereocenters. The number of carbonyl (C=O) groups excluding carboxylic acids is 1. The fourth-order valence-electron chi connectivity index (χ4n) is 3.68. The molecule has 0 aliphatic carbocycles. The molecule has 0 radical (unpaired) electrons. The summed E-state index contributed by atoms with van der Waals surface area (Å²) in [6, 6.07) is 17.1. The molecule has 2 heterocycles. The van der Waals surface area contributed by atoms with Gasteiger partial charge in [-0.05, 0) is 53.1 Å². The van der Waals surface area contributed by atoms with Gasteiger partial charge in [-0.15, -0.1) is 0 Å². The lowest BCUT2D eigenvalue weighted by atomic mass is 10.0. The molecule has 1 aliphatic heterocycles. The van der Waals surface area contributed by atoms with E-state index in [1.165, 1.54) is 12.1 Å². The first-order chi connectivity index (χ1) is 14.6. The van der Waals surface area contributed by atoms with E-state index in [1.54, 1.807) is 19.3 Å². The molecule has 1 fully saturated rings. The van der Waals surface area contributed by atoms with Gasteiger partial charge in [-0.25, -0.2) is 4.39 Å². The summed E-state index contributed by atoms with van der Waals surface area (Å²) in [5.41, 5.74) is 4.70. The van der Waals surface area contributed by atoms with Crippen LogP contribution >= 0.6 is 0 Å². The fourth-order valence-corrected chi connectivity index (χ4v) is 3.68. The normalized spacial score (nSPS) is 14.3. The summed E-state index contributed by atoms with van der Waals surface area (Å²) in [6.07, 6.45) is 7.34. The van der Waals surface area contributed by atoms with Crippen molar-refractivity contribution in [2.75, 3.05) is 31.1 Å². The highest BCUT2D eigenvalue weighted by molar-refractivity contribution is 5.75. The SMILES string of the molecule is CC(=O)N1CCN(c2ccc(C=Cc3cc(F)cc(-c4cccnc4)c3)cc2)CC1. The highest BCUT2D eigenvalue weighted by atomic mass is 19.1. The van der Waals surface area contributed by atoms with Crippen LogP contribution in [0.5, 0.6) is 0 Å². The van der Waals surface area contributed by atoms with Crippen LogP contribution in [0.1, 0.15) is 18.1 Å². The Morgan fingerprint density at radius 3 is 2.33 bits per heavy atom. The third-order valence-corrected chi connectivity index (χ3v) is 5.37. The Morgan fingerprint density at radius 2 is 1.67 bits per heavy atom. The van der Waals surface area contributed by atoms with Crippen molar-refractivity contribution in [2.24, 2.45) is 0 Å². The van der Waals surface area contributed by atoms with Crippen LogP contribution < -0.4 is 4.90 Å². The van der Waals surface area contributed by atoms with Crippen molar-refractivity contribution in [2.45, 2.75) is 6.92 Å². The number of piperazine rings is 1. The number of anilines is 1. The van der Waals surface area contributed by atoms with Crippen molar-refractivity contribution in [3.8, 4) is 11.1 Å². The van der Waals surface area contributed by atoms with Crippen LogP contribution in [0.25, 0.3) is 23.3 Å². The quantitative estimate of drug-likeness (QED) is 0.593. The zero-order valence-corrected chi connectivity index (χ0v) is 17.0. The molecule has 1 saturated heterocycles. The van der Waals surface area contributed by atoms with Crippen LogP contribution in [-0.4, -0.2) is 42.0 Å². The van der Waals surface area contributed by atoms with Gasteiger partial charge in [0, 0.05) is 56.7 Å². The predicted octanol–water partition coefficient (Wildman–Crippen LogP) is 4.73. The number of pyridine rings is 1. The summed E-state index contributed by atoms with van der Waals surface area (Å²) < 4.78 is 14.1. The second-order valence-corrected chi connectivity index (χ2v) is 7.43. The average Bonchev–Trinajstić information content (AvgIpc) is 2.78. The largest absolute Gasteiger partial charge is 0.368 e. The molecule has 0 bridgehead atoms. The zero-order chi connectivity index (χ0) is 20.9. The van der Waals surface area contributed by atoms with E-state index >= 15 is 0 Å². The molecule has 0 spiro atoms. The molecule has 30 heavy (non-hydrogen) atoms. The van der Waals surface area contributed by atoms with Crippen molar-refractivity contribution in [1.29, 1.82) is 0 Å². The van der Waals surface area contributed by atoms with E-state index in [-0.39, 0.29) is 11.7 Å². The van der Waals surface area contributed by atoms with Crippen LogP contribution in [-0.2, 0) is 4.79 Å². The molecule has 0 unspecified atom stereocenters. The highest BCUT2D eigenvalue weighted by Crippen LogP contribution is 2.23. The fraction of sp³-hybridized carbons (Fsp3) is 0.200. The zero-order valence-electron chi connectivity index (χ0n) is 17.0. The molecule has 2 aromatic carbocycles. The standard InChI is InChI=1S/C25H24FN3O/c1-19(30)28-11-13-29(14-12-28)25-8-6-20(7-9-25)4-5-21-15-23(17-24(26)16-21)22-3-2-10-27-18-22/h2-10,15-18H,11-14H2,1H3. The lowest BCUT2D eigenvalue weighted by Crippen LogP contribution is -2.48. The van der Waals surface area contributed by atoms with Crippen molar-refractivity contribution >= 4 is 23.7 Å². The first-order valence-electron chi connectivity index (χ1n) is 10.1. The second-order valence-electron chi connectivity index (χ2n) is 7.43. The molecular weight excluding hydrogens is 377 g/mol. The number of aromatic nitrogens is 1. The number of nitrogens with zero attached hydrogens (tertiary/aromatic N) is 3. The molecule has 0 N–H and O–H groups in total. The van der Waals surface area contributed by atoms with E-state index in [0.29, 0.717) is 0 Å². The maximum Gasteiger partial charge on any atom is 0.219 e. The van der Waals surface area contributed by atoms with Crippen LogP contribution in [0.15, 0.2) is 67.0 Å². The van der Waals surface area contributed by atoms with Gasteiger partial charge in [0.25, 0.3) is 0 Å². The smallest absolute Gasteiger partial charge is 0.219 e. The van der Waals surface area contributed by atoms with Gasteiger partial charge in [-0.1, -0.05) is 30.4 Å². The molecule has 0 saturated carbocycles. The minimum Gasteiger partial charge on any atom is -0.368 e. The second kappa shape index (κ2) is 8.91. The maximum absolute atomic E-state index is 14.1. The molecule has 152 valence electrons. The van der Waals surface area contributed by atoms with Gasteiger partial charge < -0.3 is 9.80 Å². The Hall–Kier alpha value is -3.47. The summed E-state index contributed by atoms with van der Waals surface area (Å²) in [5, 5.41) is 0. The van der Waals surface area contributed by atoms with Crippen molar-refractivity contribution in [3.63, 3.8) is 0 Å². The predicted molar refractivity (Wildman–Crippen MR) is 119 cm³/mol. The molecule has 3 aromatic rings. The van der Waals surface area contributed by atoms with Crippen LogP contribution in [0.3, 0.4) is 0 Å². The molecule has 1 aliphatic rings. The van der Waals surface area contributed by atoms with E-state index in [0.717, 1.165) is 54.1 Å². The van der Waals surface area contributed by atoms with Gasteiger partial charge >= 0.3 is 0 Å². The van der Waals surface area contributed by atoms with Gasteiger partial charge in [-0.2, -0.15) is 0 Å². The summed E-state index contributed by atoms with van der Waals surface area (Å²) in [5.74, 6) is -0.129. The topological polar surface area (TPSA) is 36.4 Å². The van der Waals surface area contributed by atoms with Crippen molar-refractivity contribution < 1.29 is 9.18 Å². The van der Waals surface area contributed by atoms with Gasteiger partial charge in [0.15, 0.2) is 0 Å². The number of rotatable bonds is 4. The van der Waals surface area contributed by atoms with E-state index in [9.17, 15) is 9.18 Å². The first-order valence-corrected chi connectivity index (χ1v) is 10.1. The third kappa shape index (κ3) is 4.74. The minimum absolute atomic E-state index is 0.138. The summed E-state index contributed by atoms with van der Waals surface area (Å²) in [7, 11) is 0. The first kappa shape index (κ1) is 19.8. The molecule has 4 rings (SSSR count). The number of hydrogen-bond donors (Lipinski definition) is 0. The van der Waals surface area contributed by atoms with Gasteiger partial charge in [0.1, 0.15) is 5.82 Å². The highest BCUT2D eigenvalue weighted by Gasteiger charge is 2.18. The summed E-state index contributed by atoms with van der Waals surface area (Å²) >= 11 is 0. The summed E-state index contributed by atoms with van der Waals surface area (Å²) in [4.78, 5) is 19.8. The van der Waals surface area contributed by atoms with E-state index in [4.69, 9.17) is 0 Å². The van der Waals surface area contributed by atoms with Crippen molar-refractivity contribution in [1.82, 2.24) is 9.88 Å². The number of halogens is 1. The number of benzene rings is 2. The number of hydrogen-bond acceptors (Lipinski definition) is 3. The Balaban J connectivity index is 1.45. The third-order valence-electron chi connectivity index (χ3n) is 5.37. The lowest BCUT2D eigenvalue weighted by Gasteiger charge is -2.35. The monoisotopic (exact) mass is 401 g/mol.